The Kier molecular flexibility index (Phi) is 6.61. The van der Waals surface area contributed by atoms with Crippen LogP contribution in [0, 0.1) is 0 Å². The van der Waals surface area contributed by atoms with E-state index in [-0.39, 0.29) is 17.9 Å². The van der Waals surface area contributed by atoms with E-state index in [2.05, 4.69) is 15.9 Å². The lowest BCUT2D eigenvalue weighted by Gasteiger charge is -2.24. The maximum atomic E-state index is 12.7. The Labute approximate surface area is 174 Å². The lowest BCUT2D eigenvalue weighted by molar-refractivity contribution is -0.133. The molecule has 0 bridgehead atoms. The van der Waals surface area contributed by atoms with Gasteiger partial charge in [-0.15, -0.1) is 11.8 Å². The summed E-state index contributed by atoms with van der Waals surface area (Å²) in [5, 5.41) is 0.862. The third kappa shape index (κ3) is 4.42. The van der Waals surface area contributed by atoms with Gasteiger partial charge in [0.05, 0.1) is 16.6 Å². The molecule has 138 valence electrons. The minimum Gasteiger partial charge on any atom is -0.496 e. The molecular weight excluding hydrogens is 461 g/mol. The molecule has 1 aliphatic rings. The molecule has 0 saturated carbocycles. The van der Waals surface area contributed by atoms with Crippen molar-refractivity contribution in [3.8, 4) is 11.5 Å². The summed E-state index contributed by atoms with van der Waals surface area (Å²) in [5.41, 5.74) is 1.04. The van der Waals surface area contributed by atoms with E-state index in [0.717, 1.165) is 21.5 Å². The van der Waals surface area contributed by atoms with E-state index in [1.54, 1.807) is 37.1 Å². The highest BCUT2D eigenvalue weighted by Crippen LogP contribution is 2.40. The van der Waals surface area contributed by atoms with Gasteiger partial charge in [0.2, 0.25) is 0 Å². The molecule has 2 aromatic rings. The van der Waals surface area contributed by atoms with Crippen LogP contribution in [0.1, 0.15) is 10.9 Å². The van der Waals surface area contributed by atoms with Crippen molar-refractivity contribution in [3.63, 3.8) is 0 Å². The lowest BCUT2D eigenvalue weighted by atomic mass is 10.2. The molecule has 1 fully saturated rings. The highest BCUT2D eigenvalue weighted by Gasteiger charge is 2.31. The van der Waals surface area contributed by atoms with Crippen LogP contribution < -0.4 is 9.47 Å². The molecule has 0 aromatic heterocycles. The highest BCUT2D eigenvalue weighted by atomic mass is 79.9. The number of halogens is 3. The Morgan fingerprint density at radius 1 is 1.27 bits per heavy atom. The molecule has 1 saturated heterocycles. The molecule has 1 unspecified atom stereocenters. The quantitative estimate of drug-likeness (QED) is 0.577. The lowest BCUT2D eigenvalue weighted by Crippen LogP contribution is -2.34. The molecule has 0 radical (unpaired) electrons. The van der Waals surface area contributed by atoms with Crippen LogP contribution in [0.4, 0.5) is 0 Å². The fourth-order valence-corrected chi connectivity index (χ4v) is 4.94. The first-order valence-corrected chi connectivity index (χ1v) is 10.4. The first-order chi connectivity index (χ1) is 12.5. The molecule has 26 heavy (non-hydrogen) atoms. The topological polar surface area (TPSA) is 38.8 Å². The molecular formula is C18H16BrCl2NO3S. The summed E-state index contributed by atoms with van der Waals surface area (Å²) in [4.78, 5) is 14.5. The summed E-state index contributed by atoms with van der Waals surface area (Å²) in [6, 6.07) is 10.8. The van der Waals surface area contributed by atoms with Crippen molar-refractivity contribution < 1.29 is 14.3 Å². The van der Waals surface area contributed by atoms with Crippen LogP contribution in [0.15, 0.2) is 40.9 Å². The summed E-state index contributed by atoms with van der Waals surface area (Å²) in [6.07, 6.45) is 0. The fourth-order valence-electron chi connectivity index (χ4n) is 2.65. The third-order valence-electron chi connectivity index (χ3n) is 3.92. The van der Waals surface area contributed by atoms with Crippen LogP contribution in [-0.4, -0.2) is 36.8 Å². The van der Waals surface area contributed by atoms with Gasteiger partial charge in [-0.2, -0.15) is 0 Å². The maximum absolute atomic E-state index is 12.7. The van der Waals surface area contributed by atoms with Gasteiger partial charge in [-0.05, 0) is 51.8 Å². The predicted molar refractivity (Wildman–Crippen MR) is 110 cm³/mol. The van der Waals surface area contributed by atoms with Gasteiger partial charge >= 0.3 is 0 Å². The normalized spacial score (nSPS) is 16.6. The van der Waals surface area contributed by atoms with Crippen molar-refractivity contribution in [1.82, 2.24) is 4.90 Å². The zero-order chi connectivity index (χ0) is 18.7. The summed E-state index contributed by atoms with van der Waals surface area (Å²) in [5.74, 6) is 2.00. The Balaban J connectivity index is 1.69. The standard InChI is InChI=1S/C18H16BrCl2NO3S/c1-24-15-4-2-11(8-13(15)19)18-22(6-7-26-18)17(23)10-25-16-5-3-12(20)9-14(16)21/h2-5,8-9,18H,6-7,10H2,1H3. The Hall–Kier alpha value is -1.08. The monoisotopic (exact) mass is 475 g/mol. The Morgan fingerprint density at radius 3 is 2.73 bits per heavy atom. The molecule has 1 aliphatic heterocycles. The van der Waals surface area contributed by atoms with Gasteiger partial charge in [0, 0.05) is 17.3 Å². The van der Waals surface area contributed by atoms with Gasteiger partial charge in [-0.3, -0.25) is 4.79 Å². The van der Waals surface area contributed by atoms with Crippen molar-refractivity contribution in [2.24, 2.45) is 0 Å². The van der Waals surface area contributed by atoms with Crippen molar-refractivity contribution in [2.45, 2.75) is 5.37 Å². The number of thioether (sulfide) groups is 1. The largest absolute Gasteiger partial charge is 0.496 e. The number of benzene rings is 2. The maximum Gasteiger partial charge on any atom is 0.261 e. The van der Waals surface area contributed by atoms with Crippen LogP contribution in [0.2, 0.25) is 10.0 Å². The first kappa shape index (κ1) is 19.7. The fraction of sp³-hybridized carbons (Fsp3) is 0.278. The third-order valence-corrected chi connectivity index (χ3v) is 6.33. The molecule has 0 N–H and O–H groups in total. The second-order valence-corrected chi connectivity index (χ2v) is 8.45. The molecule has 0 spiro atoms. The van der Waals surface area contributed by atoms with E-state index in [1.807, 2.05) is 23.1 Å². The highest BCUT2D eigenvalue weighted by molar-refractivity contribution is 9.10. The summed E-state index contributed by atoms with van der Waals surface area (Å²) in [6.45, 7) is 0.602. The average Bonchev–Trinajstić information content (AvgIpc) is 3.10. The molecule has 1 amide bonds. The Bertz CT molecular complexity index is 821. The summed E-state index contributed by atoms with van der Waals surface area (Å²) < 4.78 is 11.7. The van der Waals surface area contributed by atoms with E-state index in [0.29, 0.717) is 22.3 Å². The smallest absolute Gasteiger partial charge is 0.261 e. The average molecular weight is 477 g/mol. The zero-order valence-electron chi connectivity index (χ0n) is 13.9. The number of amides is 1. The minimum absolute atomic E-state index is 0.0472. The van der Waals surface area contributed by atoms with Gasteiger partial charge < -0.3 is 14.4 Å². The van der Waals surface area contributed by atoms with Gasteiger partial charge in [0.15, 0.2) is 6.61 Å². The van der Waals surface area contributed by atoms with E-state index in [1.165, 1.54) is 0 Å². The second-order valence-electron chi connectivity index (χ2n) is 5.57. The molecule has 1 heterocycles. The zero-order valence-corrected chi connectivity index (χ0v) is 17.8. The number of methoxy groups -OCH3 is 1. The van der Waals surface area contributed by atoms with E-state index in [4.69, 9.17) is 32.7 Å². The van der Waals surface area contributed by atoms with Crippen molar-refractivity contribution >= 4 is 56.8 Å². The van der Waals surface area contributed by atoms with Crippen molar-refractivity contribution in [3.05, 3.63) is 56.5 Å². The van der Waals surface area contributed by atoms with Crippen LogP contribution >= 0.6 is 50.9 Å². The van der Waals surface area contributed by atoms with Crippen LogP contribution in [0.25, 0.3) is 0 Å². The molecule has 2 aromatic carbocycles. The number of nitrogens with zero attached hydrogens (tertiary/aromatic N) is 1. The number of ether oxygens (including phenoxy) is 2. The predicted octanol–water partition coefficient (Wildman–Crippen LogP) is 5.42. The van der Waals surface area contributed by atoms with Crippen LogP contribution in [0.5, 0.6) is 11.5 Å². The number of carbonyl (C=O) groups excluding carboxylic acids is 1. The molecule has 0 aliphatic carbocycles. The Morgan fingerprint density at radius 2 is 2.04 bits per heavy atom. The van der Waals surface area contributed by atoms with Gasteiger partial charge in [-0.25, -0.2) is 0 Å². The van der Waals surface area contributed by atoms with E-state index < -0.39 is 0 Å². The molecule has 4 nitrogen and oxygen atoms in total. The number of rotatable bonds is 5. The first-order valence-electron chi connectivity index (χ1n) is 7.82. The minimum atomic E-state index is -0.0852. The number of hydrogen-bond donors (Lipinski definition) is 0. The summed E-state index contributed by atoms with van der Waals surface area (Å²) in [7, 11) is 1.62. The number of hydrogen-bond acceptors (Lipinski definition) is 4. The second kappa shape index (κ2) is 8.74. The van der Waals surface area contributed by atoms with Gasteiger partial charge in [0.1, 0.15) is 16.9 Å². The molecule has 1 atom stereocenters. The van der Waals surface area contributed by atoms with E-state index in [9.17, 15) is 4.79 Å². The molecule has 8 heteroatoms. The SMILES string of the molecule is COc1ccc(C2SCCN2C(=O)COc2ccc(Cl)cc2Cl)cc1Br. The van der Waals surface area contributed by atoms with Crippen molar-refractivity contribution in [2.75, 3.05) is 26.0 Å². The molecule has 3 rings (SSSR count). The number of carbonyl (C=O) groups is 1. The van der Waals surface area contributed by atoms with Crippen molar-refractivity contribution in [1.29, 1.82) is 0 Å². The van der Waals surface area contributed by atoms with Gasteiger partial charge in [-0.1, -0.05) is 29.3 Å². The van der Waals surface area contributed by atoms with Gasteiger partial charge in [0.25, 0.3) is 5.91 Å². The summed E-state index contributed by atoms with van der Waals surface area (Å²) >= 11 is 17.2. The van der Waals surface area contributed by atoms with E-state index >= 15 is 0 Å². The van der Waals surface area contributed by atoms with Crippen LogP contribution in [0.3, 0.4) is 0 Å². The van der Waals surface area contributed by atoms with Crippen LogP contribution in [-0.2, 0) is 4.79 Å².